The van der Waals surface area contributed by atoms with E-state index in [1.54, 1.807) is 7.05 Å². The Hall–Kier alpha value is -1.52. The number of aromatic nitrogens is 1. The molecule has 1 amide bonds. The number of guanidine groups is 1. The van der Waals surface area contributed by atoms with Gasteiger partial charge in [0.25, 0.3) is 0 Å². The molecule has 0 aliphatic rings. The maximum absolute atomic E-state index is 11.9. The van der Waals surface area contributed by atoms with Gasteiger partial charge in [-0.1, -0.05) is 24.9 Å². The third-order valence-electron chi connectivity index (χ3n) is 4.21. The number of amides is 1. The molecule has 1 aromatic heterocycles. The van der Waals surface area contributed by atoms with Crippen LogP contribution in [0.5, 0.6) is 0 Å². The largest absolute Gasteiger partial charge is 0.444 e. The minimum absolute atomic E-state index is 0. The van der Waals surface area contributed by atoms with Crippen molar-refractivity contribution in [2.24, 2.45) is 4.99 Å². The molecular formula is C20H38IN5O3. The first-order chi connectivity index (χ1) is 13.2. The molecule has 1 aromatic rings. The van der Waals surface area contributed by atoms with Gasteiger partial charge in [-0.2, -0.15) is 0 Å². The van der Waals surface area contributed by atoms with E-state index in [0.29, 0.717) is 19.0 Å². The van der Waals surface area contributed by atoms with Crippen molar-refractivity contribution in [3.05, 3.63) is 17.0 Å². The summed E-state index contributed by atoms with van der Waals surface area (Å²) in [6.07, 6.45) is 3.47. The van der Waals surface area contributed by atoms with Crippen LogP contribution in [0.1, 0.15) is 64.0 Å². The Labute approximate surface area is 192 Å². The van der Waals surface area contributed by atoms with Crippen LogP contribution in [0, 0.1) is 13.8 Å². The molecule has 0 aromatic carbocycles. The number of aliphatic imine (C=N–C) groups is 1. The van der Waals surface area contributed by atoms with E-state index in [4.69, 9.17) is 9.26 Å². The minimum atomic E-state index is -0.508. The van der Waals surface area contributed by atoms with Crippen molar-refractivity contribution in [3.63, 3.8) is 0 Å². The van der Waals surface area contributed by atoms with Gasteiger partial charge < -0.3 is 25.2 Å². The molecule has 0 bridgehead atoms. The van der Waals surface area contributed by atoms with Crippen molar-refractivity contribution in [2.45, 2.75) is 78.9 Å². The number of hydrogen-bond donors (Lipinski definition) is 3. The summed E-state index contributed by atoms with van der Waals surface area (Å²) in [7, 11) is 1.74. The zero-order valence-corrected chi connectivity index (χ0v) is 21.2. The van der Waals surface area contributed by atoms with Crippen molar-refractivity contribution >= 4 is 36.0 Å². The van der Waals surface area contributed by atoms with Crippen LogP contribution in [-0.4, -0.2) is 49.0 Å². The van der Waals surface area contributed by atoms with E-state index in [9.17, 15) is 4.79 Å². The number of carbonyl (C=O) groups excluding carboxylic acids is 1. The zero-order chi connectivity index (χ0) is 21.2. The molecule has 0 fully saturated rings. The van der Waals surface area contributed by atoms with Gasteiger partial charge in [0.2, 0.25) is 0 Å². The Morgan fingerprint density at radius 1 is 1.28 bits per heavy atom. The fourth-order valence-corrected chi connectivity index (χ4v) is 2.75. The summed E-state index contributed by atoms with van der Waals surface area (Å²) in [5.74, 6) is 1.56. The van der Waals surface area contributed by atoms with Gasteiger partial charge in [-0.05, 0) is 47.5 Å². The lowest BCUT2D eigenvalue weighted by Crippen LogP contribution is -2.49. The topological polar surface area (TPSA) is 101 Å². The molecular weight excluding hydrogens is 485 g/mol. The molecule has 1 atom stereocenters. The van der Waals surface area contributed by atoms with Gasteiger partial charge in [-0.15, -0.1) is 24.0 Å². The van der Waals surface area contributed by atoms with Gasteiger partial charge in [0.1, 0.15) is 11.4 Å². The van der Waals surface area contributed by atoms with Gasteiger partial charge in [-0.3, -0.25) is 4.99 Å². The Bertz CT molecular complexity index is 621. The molecule has 29 heavy (non-hydrogen) atoms. The van der Waals surface area contributed by atoms with Crippen molar-refractivity contribution < 1.29 is 14.1 Å². The van der Waals surface area contributed by atoms with Gasteiger partial charge in [-0.25, -0.2) is 4.79 Å². The van der Waals surface area contributed by atoms with Crippen molar-refractivity contribution in [1.82, 2.24) is 21.1 Å². The van der Waals surface area contributed by atoms with Crippen LogP contribution in [-0.2, 0) is 11.2 Å². The first kappa shape index (κ1) is 27.5. The predicted octanol–water partition coefficient (Wildman–Crippen LogP) is 3.70. The Morgan fingerprint density at radius 3 is 2.48 bits per heavy atom. The maximum atomic E-state index is 11.9. The van der Waals surface area contributed by atoms with Gasteiger partial charge >= 0.3 is 6.09 Å². The van der Waals surface area contributed by atoms with Crippen LogP contribution in [0.15, 0.2) is 9.52 Å². The van der Waals surface area contributed by atoms with Gasteiger partial charge in [0, 0.05) is 31.7 Å². The van der Waals surface area contributed by atoms with Crippen LogP contribution in [0.3, 0.4) is 0 Å². The molecule has 0 saturated carbocycles. The lowest BCUT2D eigenvalue weighted by Gasteiger charge is -2.24. The SMILES string of the molecule is CCCCC(CNC(=O)OC(C)(C)C)NC(=NC)NCCc1c(C)noc1C.I. The van der Waals surface area contributed by atoms with E-state index in [-0.39, 0.29) is 30.0 Å². The highest BCUT2D eigenvalue weighted by atomic mass is 127. The molecule has 9 heteroatoms. The third kappa shape index (κ3) is 11.3. The molecule has 1 heterocycles. The van der Waals surface area contributed by atoms with E-state index < -0.39 is 11.7 Å². The third-order valence-corrected chi connectivity index (χ3v) is 4.21. The quantitative estimate of drug-likeness (QED) is 0.259. The van der Waals surface area contributed by atoms with Gasteiger partial charge in [0.05, 0.1) is 5.69 Å². The predicted molar refractivity (Wildman–Crippen MR) is 127 cm³/mol. The number of unbranched alkanes of at least 4 members (excludes halogenated alkanes) is 1. The maximum Gasteiger partial charge on any atom is 0.407 e. The number of carbonyl (C=O) groups is 1. The number of nitrogens with zero attached hydrogens (tertiary/aromatic N) is 2. The van der Waals surface area contributed by atoms with E-state index >= 15 is 0 Å². The summed E-state index contributed by atoms with van der Waals surface area (Å²) in [5.41, 5.74) is 1.54. The normalized spacial score (nSPS) is 12.7. The zero-order valence-electron chi connectivity index (χ0n) is 18.8. The summed E-state index contributed by atoms with van der Waals surface area (Å²) in [4.78, 5) is 16.2. The highest BCUT2D eigenvalue weighted by Crippen LogP contribution is 2.12. The molecule has 1 rings (SSSR count). The van der Waals surface area contributed by atoms with E-state index in [2.05, 4.69) is 33.0 Å². The fraction of sp³-hybridized carbons (Fsp3) is 0.750. The van der Waals surface area contributed by atoms with Crippen LogP contribution in [0.4, 0.5) is 4.79 Å². The van der Waals surface area contributed by atoms with E-state index in [1.165, 1.54) is 0 Å². The first-order valence-corrected chi connectivity index (χ1v) is 10.0. The monoisotopic (exact) mass is 523 g/mol. The number of rotatable bonds is 9. The second-order valence-corrected chi connectivity index (χ2v) is 7.92. The average Bonchev–Trinajstić information content (AvgIpc) is 2.93. The summed E-state index contributed by atoms with van der Waals surface area (Å²) >= 11 is 0. The molecule has 168 valence electrons. The highest BCUT2D eigenvalue weighted by molar-refractivity contribution is 14.0. The molecule has 0 radical (unpaired) electrons. The van der Waals surface area contributed by atoms with Crippen molar-refractivity contribution in [1.29, 1.82) is 0 Å². The van der Waals surface area contributed by atoms with E-state index in [0.717, 1.165) is 42.7 Å². The Balaban J connectivity index is 0.00000784. The van der Waals surface area contributed by atoms with Crippen LogP contribution in [0.2, 0.25) is 0 Å². The smallest absolute Gasteiger partial charge is 0.407 e. The number of hydrogen-bond acceptors (Lipinski definition) is 5. The summed E-state index contributed by atoms with van der Waals surface area (Å²) < 4.78 is 10.5. The lowest BCUT2D eigenvalue weighted by atomic mass is 10.1. The van der Waals surface area contributed by atoms with Crippen LogP contribution < -0.4 is 16.0 Å². The lowest BCUT2D eigenvalue weighted by molar-refractivity contribution is 0.0523. The average molecular weight is 523 g/mol. The number of alkyl carbamates (subject to hydrolysis) is 1. The molecule has 0 aliphatic carbocycles. The standard InChI is InChI=1S/C20H37N5O3.HI/c1-8-9-10-16(13-23-19(26)27-20(4,5)6)24-18(21-7)22-12-11-17-14(2)25-28-15(17)3;/h16H,8-13H2,1-7H3,(H,23,26)(H2,21,22,24);1H. The molecule has 3 N–H and O–H groups in total. The van der Waals surface area contributed by atoms with Crippen molar-refractivity contribution in [2.75, 3.05) is 20.1 Å². The van der Waals surface area contributed by atoms with Crippen LogP contribution in [0.25, 0.3) is 0 Å². The minimum Gasteiger partial charge on any atom is -0.444 e. The number of nitrogens with one attached hydrogen (secondary N) is 3. The molecule has 0 aliphatic heterocycles. The molecule has 8 nitrogen and oxygen atoms in total. The molecule has 0 spiro atoms. The molecule has 1 unspecified atom stereocenters. The highest BCUT2D eigenvalue weighted by Gasteiger charge is 2.18. The fourth-order valence-electron chi connectivity index (χ4n) is 2.75. The first-order valence-electron chi connectivity index (χ1n) is 10.0. The summed E-state index contributed by atoms with van der Waals surface area (Å²) in [6, 6.07) is 0.0673. The Kier molecular flexibility index (Phi) is 12.9. The second kappa shape index (κ2) is 13.7. The number of aryl methyl sites for hydroxylation is 2. The Morgan fingerprint density at radius 2 is 1.97 bits per heavy atom. The van der Waals surface area contributed by atoms with Crippen LogP contribution >= 0.6 is 24.0 Å². The van der Waals surface area contributed by atoms with Crippen molar-refractivity contribution in [3.8, 4) is 0 Å². The summed E-state index contributed by atoms with van der Waals surface area (Å²) in [5, 5.41) is 13.5. The second-order valence-electron chi connectivity index (χ2n) is 7.92. The summed E-state index contributed by atoms with van der Waals surface area (Å²) in [6.45, 7) is 12.8. The van der Waals surface area contributed by atoms with E-state index in [1.807, 2.05) is 34.6 Å². The molecule has 0 saturated heterocycles. The number of halogens is 1. The van der Waals surface area contributed by atoms with Gasteiger partial charge in [0.15, 0.2) is 5.96 Å². The number of ether oxygens (including phenoxy) is 1.